The van der Waals surface area contributed by atoms with Gasteiger partial charge in [0.1, 0.15) is 0 Å². The van der Waals surface area contributed by atoms with Gasteiger partial charge < -0.3 is 5.32 Å². The van der Waals surface area contributed by atoms with Crippen LogP contribution >= 0.6 is 24.0 Å². The second-order valence-corrected chi connectivity index (χ2v) is 6.04. The van der Waals surface area contributed by atoms with Gasteiger partial charge in [-0.05, 0) is 12.5 Å². The second kappa shape index (κ2) is 6.30. The fraction of sp³-hybridized carbons (Fsp3) is 0.444. The van der Waals surface area contributed by atoms with E-state index in [2.05, 4.69) is 17.9 Å². The number of carbonyl (C=O) groups is 1. The van der Waals surface area contributed by atoms with Crippen LogP contribution in [0, 0.1) is 0 Å². The van der Waals surface area contributed by atoms with Crippen molar-refractivity contribution in [2.75, 3.05) is 18.6 Å². The average Bonchev–Trinajstić information content (AvgIpc) is 2.59. The van der Waals surface area contributed by atoms with Gasteiger partial charge in [0, 0.05) is 39.6 Å². The van der Waals surface area contributed by atoms with Gasteiger partial charge in [0.15, 0.2) is 0 Å². The predicted molar refractivity (Wildman–Crippen MR) is 67.5 cm³/mol. The molecule has 1 aromatic heterocycles. The molecular formula is C9H13NO2S3. The van der Waals surface area contributed by atoms with Crippen molar-refractivity contribution in [2.24, 2.45) is 0 Å². The summed E-state index contributed by atoms with van der Waals surface area (Å²) in [6.45, 7) is 0.568. The summed E-state index contributed by atoms with van der Waals surface area (Å²) >= 11 is 5.50. The summed E-state index contributed by atoms with van der Waals surface area (Å²) in [5.74, 6) is 0.546. The van der Waals surface area contributed by atoms with E-state index in [0.29, 0.717) is 17.2 Å². The number of nitrogens with one attached hydrogen (secondary N) is 1. The Balaban J connectivity index is 2.28. The van der Waals surface area contributed by atoms with Gasteiger partial charge in [-0.3, -0.25) is 9.00 Å². The fourth-order valence-electron chi connectivity index (χ4n) is 1.01. The first kappa shape index (κ1) is 12.7. The molecule has 1 amide bonds. The molecule has 3 nitrogen and oxygen atoms in total. The molecule has 0 saturated carbocycles. The highest BCUT2D eigenvalue weighted by molar-refractivity contribution is 7.84. The van der Waals surface area contributed by atoms with Gasteiger partial charge in [-0.15, -0.1) is 24.0 Å². The van der Waals surface area contributed by atoms with Crippen molar-refractivity contribution in [1.82, 2.24) is 5.32 Å². The van der Waals surface area contributed by atoms with E-state index >= 15 is 0 Å². The zero-order chi connectivity index (χ0) is 11.3. The number of thiophene rings is 1. The molecule has 0 radical (unpaired) electrons. The maximum atomic E-state index is 11.5. The maximum absolute atomic E-state index is 11.5. The van der Waals surface area contributed by atoms with Crippen molar-refractivity contribution in [1.29, 1.82) is 0 Å². The van der Waals surface area contributed by atoms with Crippen LogP contribution in [0.2, 0.25) is 0 Å². The predicted octanol–water partition coefficient (Wildman–Crippen LogP) is 1.54. The third-order valence-electron chi connectivity index (χ3n) is 1.70. The lowest BCUT2D eigenvalue weighted by molar-refractivity contribution is 0.0957. The van der Waals surface area contributed by atoms with Crippen LogP contribution in [-0.4, -0.2) is 28.7 Å². The third kappa shape index (κ3) is 4.81. The van der Waals surface area contributed by atoms with E-state index in [1.807, 2.05) is 5.38 Å². The van der Waals surface area contributed by atoms with E-state index in [9.17, 15) is 9.00 Å². The number of rotatable bonds is 5. The Bertz CT molecular complexity index is 362. The molecule has 0 aromatic carbocycles. The third-order valence-corrected chi connectivity index (χ3v) is 3.93. The zero-order valence-corrected chi connectivity index (χ0v) is 10.9. The van der Waals surface area contributed by atoms with Crippen LogP contribution in [0.15, 0.2) is 16.3 Å². The molecule has 0 saturated heterocycles. The Morgan fingerprint density at radius 1 is 1.67 bits per heavy atom. The van der Waals surface area contributed by atoms with Gasteiger partial charge >= 0.3 is 0 Å². The van der Waals surface area contributed by atoms with Gasteiger partial charge in [0.05, 0.1) is 4.88 Å². The molecule has 0 aliphatic rings. The highest BCUT2D eigenvalue weighted by Crippen LogP contribution is 2.17. The first-order valence-corrected chi connectivity index (χ1v) is 7.50. The Hall–Kier alpha value is -0.330. The smallest absolute Gasteiger partial charge is 0.261 e. The molecular weight excluding hydrogens is 250 g/mol. The fourth-order valence-corrected chi connectivity index (χ4v) is 2.63. The van der Waals surface area contributed by atoms with Gasteiger partial charge in [0.25, 0.3) is 5.91 Å². The summed E-state index contributed by atoms with van der Waals surface area (Å²) in [4.78, 5) is 13.0. The minimum Gasteiger partial charge on any atom is -0.351 e. The van der Waals surface area contributed by atoms with E-state index in [1.165, 1.54) is 11.3 Å². The normalized spacial score (nSPS) is 12.4. The maximum Gasteiger partial charge on any atom is 0.261 e. The Labute approximate surface area is 101 Å². The van der Waals surface area contributed by atoms with Crippen LogP contribution in [0.25, 0.3) is 0 Å². The van der Waals surface area contributed by atoms with Crippen LogP contribution in [0.4, 0.5) is 0 Å². The Morgan fingerprint density at radius 2 is 2.40 bits per heavy atom. The van der Waals surface area contributed by atoms with Gasteiger partial charge in [-0.25, -0.2) is 0 Å². The van der Waals surface area contributed by atoms with Crippen molar-refractivity contribution >= 4 is 40.7 Å². The first-order chi connectivity index (χ1) is 7.09. The molecule has 0 aliphatic carbocycles. The van der Waals surface area contributed by atoms with Gasteiger partial charge in [-0.1, -0.05) is 0 Å². The monoisotopic (exact) mass is 263 g/mol. The number of carbonyl (C=O) groups excluding carboxylic acids is 1. The largest absolute Gasteiger partial charge is 0.351 e. The van der Waals surface area contributed by atoms with Crippen LogP contribution in [0.1, 0.15) is 16.1 Å². The van der Waals surface area contributed by atoms with E-state index in [0.717, 1.165) is 11.3 Å². The molecule has 1 atom stereocenters. The minimum absolute atomic E-state index is 0.0813. The SMILES string of the molecule is CS(=O)CCCNC(=O)c1cc(S)cs1. The van der Waals surface area contributed by atoms with Crippen LogP contribution in [0.3, 0.4) is 0 Å². The molecule has 0 fully saturated rings. The molecule has 1 rings (SSSR count). The summed E-state index contributed by atoms with van der Waals surface area (Å²) in [6, 6.07) is 1.74. The molecule has 1 unspecified atom stereocenters. The average molecular weight is 263 g/mol. The second-order valence-electron chi connectivity index (χ2n) is 3.06. The van der Waals surface area contributed by atoms with Crippen LogP contribution < -0.4 is 5.32 Å². The van der Waals surface area contributed by atoms with Crippen LogP contribution in [0.5, 0.6) is 0 Å². The van der Waals surface area contributed by atoms with E-state index in [4.69, 9.17) is 0 Å². The first-order valence-electron chi connectivity index (χ1n) is 4.45. The summed E-state index contributed by atoms with van der Waals surface area (Å²) in [6.07, 6.45) is 2.40. The molecule has 0 aliphatic heterocycles. The van der Waals surface area contributed by atoms with Crippen molar-refractivity contribution in [3.63, 3.8) is 0 Å². The Morgan fingerprint density at radius 3 is 2.93 bits per heavy atom. The lowest BCUT2D eigenvalue weighted by atomic mass is 10.4. The summed E-state index contributed by atoms with van der Waals surface area (Å²) < 4.78 is 10.8. The van der Waals surface area contributed by atoms with Crippen molar-refractivity contribution in [3.8, 4) is 0 Å². The van der Waals surface area contributed by atoms with E-state index in [-0.39, 0.29) is 5.91 Å². The summed E-state index contributed by atoms with van der Waals surface area (Å²) in [5, 5.41) is 4.59. The van der Waals surface area contributed by atoms with Crippen molar-refractivity contribution in [3.05, 3.63) is 16.3 Å². The number of thiol groups is 1. The molecule has 1 N–H and O–H groups in total. The number of hydrogen-bond donors (Lipinski definition) is 2. The highest BCUT2D eigenvalue weighted by atomic mass is 32.2. The highest BCUT2D eigenvalue weighted by Gasteiger charge is 2.06. The van der Waals surface area contributed by atoms with Gasteiger partial charge in [0.2, 0.25) is 0 Å². The summed E-state index contributed by atoms with van der Waals surface area (Å²) in [5.41, 5.74) is 0. The molecule has 0 bridgehead atoms. The topological polar surface area (TPSA) is 46.2 Å². The Kier molecular flexibility index (Phi) is 5.35. The lowest BCUT2D eigenvalue weighted by Gasteiger charge is -2.01. The van der Waals surface area contributed by atoms with Crippen molar-refractivity contribution < 1.29 is 9.00 Å². The number of amides is 1. The molecule has 6 heteroatoms. The zero-order valence-electron chi connectivity index (χ0n) is 8.36. The minimum atomic E-state index is -0.782. The standard InChI is InChI=1S/C9H13NO2S3/c1-15(12)4-2-3-10-9(11)8-5-7(13)6-14-8/h5-6,13H,2-4H2,1H3,(H,10,11). The molecule has 84 valence electrons. The molecule has 1 heterocycles. The molecule has 15 heavy (non-hydrogen) atoms. The molecule has 0 spiro atoms. The van der Waals surface area contributed by atoms with Gasteiger partial charge in [-0.2, -0.15) is 0 Å². The molecule has 1 aromatic rings. The summed E-state index contributed by atoms with van der Waals surface area (Å²) in [7, 11) is -0.782. The van der Waals surface area contributed by atoms with Crippen molar-refractivity contribution in [2.45, 2.75) is 11.3 Å². The van der Waals surface area contributed by atoms with E-state index in [1.54, 1.807) is 12.3 Å². The van der Waals surface area contributed by atoms with Crippen LogP contribution in [-0.2, 0) is 10.8 Å². The lowest BCUT2D eigenvalue weighted by Crippen LogP contribution is -2.24. The number of hydrogen-bond acceptors (Lipinski definition) is 4. The van der Waals surface area contributed by atoms with E-state index < -0.39 is 10.8 Å². The quantitative estimate of drug-likeness (QED) is 0.625.